The van der Waals surface area contributed by atoms with Crippen LogP contribution in [0.15, 0.2) is 122 Å². The van der Waals surface area contributed by atoms with Crippen LogP contribution in [0, 0.1) is 0 Å². The molecule has 0 aromatic rings. The lowest BCUT2D eigenvalue weighted by Gasteiger charge is -2.19. The smallest absolute Gasteiger partial charge is 0.462 e. The van der Waals surface area contributed by atoms with E-state index in [-0.39, 0.29) is 32.6 Å². The molecule has 0 bridgehead atoms. The first-order chi connectivity index (χ1) is 33.3. The number of ether oxygens (including phenoxy) is 2. The van der Waals surface area contributed by atoms with Crippen LogP contribution in [0.25, 0.3) is 0 Å². The molecule has 0 spiro atoms. The summed E-state index contributed by atoms with van der Waals surface area (Å²) in [7, 11) is -4.39. The summed E-state index contributed by atoms with van der Waals surface area (Å²) in [6.45, 7) is 3.52. The third kappa shape index (κ3) is 51.8. The molecule has 0 aliphatic heterocycles. The van der Waals surface area contributed by atoms with Crippen molar-refractivity contribution in [3.8, 4) is 0 Å². The molecule has 0 aliphatic rings. The molecule has 386 valence electrons. The summed E-state index contributed by atoms with van der Waals surface area (Å²) in [4.78, 5) is 34.9. The fourth-order valence-electron chi connectivity index (χ4n) is 6.69. The summed E-state index contributed by atoms with van der Waals surface area (Å²) in [5, 5.41) is 0. The normalized spacial score (nSPS) is 14.1. The van der Waals surface area contributed by atoms with Gasteiger partial charge in [-0.25, -0.2) is 4.57 Å². The molecule has 10 heteroatoms. The van der Waals surface area contributed by atoms with Crippen molar-refractivity contribution in [1.82, 2.24) is 0 Å². The lowest BCUT2D eigenvalue weighted by molar-refractivity contribution is -0.161. The molecule has 2 unspecified atom stereocenters. The number of carbonyl (C=O) groups excluding carboxylic acids is 2. The van der Waals surface area contributed by atoms with Gasteiger partial charge in [-0.1, -0.05) is 206 Å². The lowest BCUT2D eigenvalue weighted by Crippen LogP contribution is -2.29. The van der Waals surface area contributed by atoms with Gasteiger partial charge in [0.15, 0.2) is 6.10 Å². The second-order valence-corrected chi connectivity index (χ2v) is 18.5. The molecule has 9 nitrogen and oxygen atoms in total. The highest BCUT2D eigenvalue weighted by Crippen LogP contribution is 2.43. The molecule has 0 amide bonds. The predicted octanol–water partition coefficient (Wildman–Crippen LogP) is 16.4. The van der Waals surface area contributed by atoms with Crippen LogP contribution in [0.4, 0.5) is 0 Å². The van der Waals surface area contributed by atoms with E-state index < -0.39 is 32.5 Å². The maximum absolute atomic E-state index is 12.6. The molecule has 68 heavy (non-hydrogen) atoms. The fourth-order valence-corrected chi connectivity index (χ4v) is 7.45. The highest BCUT2D eigenvalue weighted by Gasteiger charge is 2.26. The van der Waals surface area contributed by atoms with Gasteiger partial charge < -0.3 is 20.1 Å². The van der Waals surface area contributed by atoms with E-state index in [9.17, 15) is 19.0 Å². The number of phosphoric ester groups is 1. The number of esters is 2. The maximum Gasteiger partial charge on any atom is 0.472 e. The second kappa shape index (κ2) is 52.8. The van der Waals surface area contributed by atoms with Crippen molar-refractivity contribution in [2.45, 2.75) is 206 Å². The van der Waals surface area contributed by atoms with Crippen LogP contribution in [0.1, 0.15) is 200 Å². The molecular weight excluding hydrogens is 870 g/mol. The zero-order valence-electron chi connectivity index (χ0n) is 42.8. The Morgan fingerprint density at radius 3 is 1.22 bits per heavy atom. The van der Waals surface area contributed by atoms with E-state index in [4.69, 9.17) is 24.3 Å². The minimum atomic E-state index is -4.39. The first-order valence-electron chi connectivity index (χ1n) is 26.5. The van der Waals surface area contributed by atoms with Crippen molar-refractivity contribution >= 4 is 19.8 Å². The van der Waals surface area contributed by atoms with E-state index >= 15 is 0 Å². The molecule has 0 heterocycles. The standard InChI is InChI=1S/C58H96NO8P/c1-3-5-7-9-11-13-15-16-17-18-19-20-21-22-23-24-25-26-27-28-29-30-31-32-33-34-35-36-37-38-39-40-41-43-45-47-49-51-58(61)67-56(55-66-68(62,63)65-53-52-59)54-64-57(60)50-48-46-44-42-14-12-10-8-6-4-2/h5,7-8,10-11,13,16-17,19-20,22-23,25-26,28-29,31-32,34-35,56H,3-4,6,9,12,14-15,18,21,24,27,30,33,36-55,59H2,1-2H3,(H,62,63)/b7-5-,10-8-,13-11-,17-16-,20-19-,23-22-,26-25-,29-28-,32-31-,35-34-. The van der Waals surface area contributed by atoms with Gasteiger partial charge in [-0.2, -0.15) is 0 Å². The number of carbonyl (C=O) groups is 2. The Morgan fingerprint density at radius 1 is 0.456 bits per heavy atom. The summed E-state index contributed by atoms with van der Waals surface area (Å²) in [6, 6.07) is 0. The second-order valence-electron chi connectivity index (χ2n) is 17.0. The lowest BCUT2D eigenvalue weighted by atomic mass is 10.1. The van der Waals surface area contributed by atoms with Crippen LogP contribution in [-0.2, 0) is 32.7 Å². The van der Waals surface area contributed by atoms with Crippen LogP contribution in [0.2, 0.25) is 0 Å². The number of allylic oxidation sites excluding steroid dienone is 20. The predicted molar refractivity (Wildman–Crippen MR) is 288 cm³/mol. The Hall–Kier alpha value is -3.59. The Morgan fingerprint density at radius 2 is 0.809 bits per heavy atom. The van der Waals surface area contributed by atoms with Gasteiger partial charge in [0.05, 0.1) is 13.2 Å². The Kier molecular flexibility index (Phi) is 50.0. The minimum absolute atomic E-state index is 0.0457. The van der Waals surface area contributed by atoms with E-state index in [1.807, 2.05) is 0 Å². The average Bonchev–Trinajstić information content (AvgIpc) is 3.33. The van der Waals surface area contributed by atoms with Crippen molar-refractivity contribution < 1.29 is 37.6 Å². The van der Waals surface area contributed by atoms with Crippen LogP contribution in [0.5, 0.6) is 0 Å². The zero-order chi connectivity index (χ0) is 49.5. The third-order valence-electron chi connectivity index (χ3n) is 10.6. The van der Waals surface area contributed by atoms with Crippen LogP contribution in [-0.4, -0.2) is 49.3 Å². The third-order valence-corrected chi connectivity index (χ3v) is 11.5. The van der Waals surface area contributed by atoms with E-state index in [0.717, 1.165) is 122 Å². The fraction of sp³-hybridized carbons (Fsp3) is 0.621. The van der Waals surface area contributed by atoms with Crippen LogP contribution in [0.3, 0.4) is 0 Å². The largest absolute Gasteiger partial charge is 0.472 e. The Balaban J connectivity index is 3.97. The summed E-state index contributed by atoms with van der Waals surface area (Å²) in [5.41, 5.74) is 5.35. The molecule has 0 saturated carbocycles. The van der Waals surface area contributed by atoms with Crippen molar-refractivity contribution in [1.29, 1.82) is 0 Å². The number of hydrogen-bond donors (Lipinski definition) is 2. The quantitative estimate of drug-likeness (QED) is 0.0264. The molecule has 0 aromatic heterocycles. The highest BCUT2D eigenvalue weighted by molar-refractivity contribution is 7.47. The van der Waals surface area contributed by atoms with Crippen molar-refractivity contribution in [3.63, 3.8) is 0 Å². The zero-order valence-corrected chi connectivity index (χ0v) is 43.7. The maximum atomic E-state index is 12.6. The van der Waals surface area contributed by atoms with Gasteiger partial charge in [-0.15, -0.1) is 0 Å². The average molecular weight is 966 g/mol. The number of rotatable bonds is 48. The van der Waals surface area contributed by atoms with Gasteiger partial charge in [0.2, 0.25) is 0 Å². The van der Waals surface area contributed by atoms with Gasteiger partial charge in [0.25, 0.3) is 0 Å². The van der Waals surface area contributed by atoms with Crippen molar-refractivity contribution in [2.75, 3.05) is 26.4 Å². The van der Waals surface area contributed by atoms with Crippen molar-refractivity contribution in [2.24, 2.45) is 5.73 Å². The molecule has 0 aromatic carbocycles. The molecule has 0 fully saturated rings. The number of hydrogen-bond acceptors (Lipinski definition) is 8. The number of phosphoric acid groups is 1. The molecule has 0 radical (unpaired) electrons. The topological polar surface area (TPSA) is 134 Å². The van der Waals surface area contributed by atoms with Gasteiger partial charge in [-0.05, 0) is 103 Å². The molecule has 0 saturated heterocycles. The van der Waals surface area contributed by atoms with E-state index in [2.05, 4.69) is 135 Å². The monoisotopic (exact) mass is 966 g/mol. The SMILES string of the molecule is CC/C=C\C/C=C\C/C=C\C/C=C\C/C=C\C/C=C\C/C=C\C/C=C\C/C=C\CCCCCCCCCCCC(=O)OC(COC(=O)CCCCCCC/C=C\CCC)COP(=O)(O)OCCN. The van der Waals surface area contributed by atoms with Crippen molar-refractivity contribution in [3.05, 3.63) is 122 Å². The minimum Gasteiger partial charge on any atom is -0.462 e. The van der Waals surface area contributed by atoms with Crippen LogP contribution >= 0.6 is 7.82 Å². The summed E-state index contributed by atoms with van der Waals surface area (Å²) >= 11 is 0. The molecule has 0 rings (SSSR count). The molecular formula is C58H96NO8P. The highest BCUT2D eigenvalue weighted by atomic mass is 31.2. The summed E-state index contributed by atoms with van der Waals surface area (Å²) in [6.07, 6.45) is 72.6. The molecule has 2 atom stereocenters. The van der Waals surface area contributed by atoms with Gasteiger partial charge in [-0.3, -0.25) is 18.6 Å². The van der Waals surface area contributed by atoms with Gasteiger partial charge in [0.1, 0.15) is 6.61 Å². The first-order valence-corrected chi connectivity index (χ1v) is 28.0. The van der Waals surface area contributed by atoms with Gasteiger partial charge in [0, 0.05) is 19.4 Å². The van der Waals surface area contributed by atoms with E-state index in [0.29, 0.717) is 12.8 Å². The number of unbranched alkanes of at least 4 members (excludes halogenated alkanes) is 15. The van der Waals surface area contributed by atoms with E-state index in [1.165, 1.54) is 38.5 Å². The van der Waals surface area contributed by atoms with Gasteiger partial charge >= 0.3 is 19.8 Å². The first kappa shape index (κ1) is 64.4. The molecule has 0 aliphatic carbocycles. The summed E-state index contributed by atoms with van der Waals surface area (Å²) < 4.78 is 32.8. The molecule has 3 N–H and O–H groups in total. The van der Waals surface area contributed by atoms with E-state index in [1.54, 1.807) is 0 Å². The number of nitrogens with two attached hydrogens (primary N) is 1. The Labute approximate surface area is 415 Å². The summed E-state index contributed by atoms with van der Waals surface area (Å²) in [5.74, 6) is -0.857. The van der Waals surface area contributed by atoms with Crippen LogP contribution < -0.4 is 5.73 Å². The Bertz CT molecular complexity index is 1520.